The molecule has 0 aliphatic heterocycles. The number of hydrogen-bond donors (Lipinski definition) is 1. The summed E-state index contributed by atoms with van der Waals surface area (Å²) in [6.45, 7) is 1.50. The summed E-state index contributed by atoms with van der Waals surface area (Å²) >= 11 is 5.58. The highest BCUT2D eigenvalue weighted by molar-refractivity contribution is 6.23. The predicted octanol–water partition coefficient (Wildman–Crippen LogP) is 0.502. The van der Waals surface area contributed by atoms with E-state index in [4.69, 9.17) is 11.6 Å². The molecular weight excluding hydrogens is 126 g/mol. The molecule has 2 atom stereocenters. The number of halogens is 1. The average molecular weight is 134 g/mol. The van der Waals surface area contributed by atoms with Gasteiger partial charge >= 0.3 is 0 Å². The first-order valence-corrected chi connectivity index (χ1v) is 3.05. The number of carbonyl (C=O) groups excluding carboxylic acids is 1. The van der Waals surface area contributed by atoms with Crippen LogP contribution < -0.4 is 5.32 Å². The zero-order chi connectivity index (χ0) is 6.15. The van der Waals surface area contributed by atoms with Crippen LogP contribution in [0.4, 0.5) is 0 Å². The summed E-state index contributed by atoms with van der Waals surface area (Å²) < 4.78 is 0. The lowest BCUT2D eigenvalue weighted by molar-refractivity contribution is -0.119. The monoisotopic (exact) mass is 133 g/mol. The number of amides is 1. The summed E-state index contributed by atoms with van der Waals surface area (Å²) in [6, 6.07) is 0.258. The molecule has 0 radical (unpaired) electrons. The molecule has 2 unspecified atom stereocenters. The standard InChI is InChI=1S/C5H8ClNO/c1-3(8)7-5-2-4(5)6/h4-5H,2H2,1H3,(H,7,8). The first-order chi connectivity index (χ1) is 3.70. The minimum Gasteiger partial charge on any atom is -0.352 e. The lowest BCUT2D eigenvalue weighted by atomic mass is 10.6. The molecule has 46 valence electrons. The Kier molecular flexibility index (Phi) is 1.43. The number of alkyl halides is 1. The average Bonchev–Trinajstić information content (AvgIpc) is 2.17. The zero-order valence-corrected chi connectivity index (χ0v) is 5.40. The van der Waals surface area contributed by atoms with E-state index in [0.29, 0.717) is 0 Å². The normalized spacial score (nSPS) is 34.2. The van der Waals surface area contributed by atoms with Gasteiger partial charge in [0.1, 0.15) is 0 Å². The molecule has 0 bridgehead atoms. The molecule has 0 spiro atoms. The molecule has 0 aromatic rings. The Balaban J connectivity index is 2.14. The van der Waals surface area contributed by atoms with E-state index in [9.17, 15) is 4.79 Å². The minimum atomic E-state index is 0.0122. The molecule has 1 fully saturated rings. The second-order valence-electron chi connectivity index (χ2n) is 2.06. The Morgan fingerprint density at radius 2 is 2.38 bits per heavy atom. The Hall–Kier alpha value is -0.240. The highest BCUT2D eigenvalue weighted by Gasteiger charge is 2.35. The molecule has 8 heavy (non-hydrogen) atoms. The third-order valence-corrected chi connectivity index (χ3v) is 1.58. The topological polar surface area (TPSA) is 29.1 Å². The van der Waals surface area contributed by atoms with Crippen molar-refractivity contribution in [3.05, 3.63) is 0 Å². The van der Waals surface area contributed by atoms with Crippen LogP contribution in [-0.2, 0) is 4.79 Å². The fourth-order valence-corrected chi connectivity index (χ4v) is 0.829. The minimum absolute atomic E-state index is 0.0122. The number of rotatable bonds is 1. The maximum absolute atomic E-state index is 10.3. The molecule has 2 nitrogen and oxygen atoms in total. The van der Waals surface area contributed by atoms with Gasteiger partial charge in [-0.05, 0) is 6.42 Å². The van der Waals surface area contributed by atoms with Gasteiger partial charge < -0.3 is 5.32 Å². The van der Waals surface area contributed by atoms with Crippen LogP contribution >= 0.6 is 11.6 Å². The molecule has 0 aromatic carbocycles. The summed E-state index contributed by atoms with van der Waals surface area (Å²) in [6.07, 6.45) is 0.932. The van der Waals surface area contributed by atoms with E-state index in [2.05, 4.69) is 5.32 Å². The Bertz CT molecular complexity index is 115. The van der Waals surface area contributed by atoms with E-state index in [-0.39, 0.29) is 17.3 Å². The molecule has 1 amide bonds. The van der Waals surface area contributed by atoms with Crippen molar-refractivity contribution < 1.29 is 4.79 Å². The van der Waals surface area contributed by atoms with E-state index >= 15 is 0 Å². The second-order valence-corrected chi connectivity index (χ2v) is 2.62. The van der Waals surface area contributed by atoms with E-state index in [1.165, 1.54) is 6.92 Å². The summed E-state index contributed by atoms with van der Waals surface area (Å²) in [4.78, 5) is 10.3. The summed E-state index contributed by atoms with van der Waals surface area (Å²) in [5.41, 5.74) is 0. The molecule has 1 aliphatic carbocycles. The molecule has 1 rings (SSSR count). The fraction of sp³-hybridized carbons (Fsp3) is 0.800. The summed E-state index contributed by atoms with van der Waals surface area (Å²) in [7, 11) is 0. The van der Waals surface area contributed by atoms with Crippen LogP contribution in [0.15, 0.2) is 0 Å². The third-order valence-electron chi connectivity index (χ3n) is 1.10. The molecule has 0 heterocycles. The Labute approximate surface area is 53.2 Å². The highest BCUT2D eigenvalue weighted by Crippen LogP contribution is 2.27. The van der Waals surface area contributed by atoms with Gasteiger partial charge in [-0.3, -0.25) is 4.79 Å². The van der Waals surface area contributed by atoms with Crippen molar-refractivity contribution >= 4 is 17.5 Å². The van der Waals surface area contributed by atoms with Gasteiger partial charge in [0.05, 0.1) is 5.38 Å². The van der Waals surface area contributed by atoms with Crippen LogP contribution in [0.2, 0.25) is 0 Å². The molecule has 1 saturated carbocycles. The lowest BCUT2D eigenvalue weighted by Crippen LogP contribution is -2.23. The van der Waals surface area contributed by atoms with Gasteiger partial charge in [0.2, 0.25) is 5.91 Å². The van der Waals surface area contributed by atoms with Crippen LogP contribution in [0.3, 0.4) is 0 Å². The Morgan fingerprint density at radius 1 is 1.88 bits per heavy atom. The van der Waals surface area contributed by atoms with Crippen molar-refractivity contribution in [1.29, 1.82) is 0 Å². The predicted molar refractivity (Wildman–Crippen MR) is 31.9 cm³/mol. The summed E-state index contributed by atoms with van der Waals surface area (Å²) in [5, 5.41) is 2.89. The largest absolute Gasteiger partial charge is 0.352 e. The Morgan fingerprint density at radius 3 is 2.50 bits per heavy atom. The van der Waals surface area contributed by atoms with Gasteiger partial charge in [-0.2, -0.15) is 0 Å². The van der Waals surface area contributed by atoms with Crippen molar-refractivity contribution in [2.75, 3.05) is 0 Å². The van der Waals surface area contributed by atoms with Crippen LogP contribution in [0.1, 0.15) is 13.3 Å². The molecule has 1 N–H and O–H groups in total. The third kappa shape index (κ3) is 1.37. The smallest absolute Gasteiger partial charge is 0.217 e. The van der Waals surface area contributed by atoms with E-state index in [1.54, 1.807) is 0 Å². The van der Waals surface area contributed by atoms with Crippen LogP contribution in [-0.4, -0.2) is 17.3 Å². The molecule has 3 heteroatoms. The summed E-state index contributed by atoms with van der Waals surface area (Å²) in [5.74, 6) is 0.0122. The fourth-order valence-electron chi connectivity index (χ4n) is 0.574. The van der Waals surface area contributed by atoms with Crippen molar-refractivity contribution in [3.63, 3.8) is 0 Å². The van der Waals surface area contributed by atoms with Crippen LogP contribution in [0.25, 0.3) is 0 Å². The van der Waals surface area contributed by atoms with Crippen molar-refractivity contribution in [2.24, 2.45) is 0 Å². The van der Waals surface area contributed by atoms with Gasteiger partial charge in [-0.25, -0.2) is 0 Å². The second kappa shape index (κ2) is 1.94. The van der Waals surface area contributed by atoms with E-state index in [1.807, 2.05) is 0 Å². The molecule has 0 aromatic heterocycles. The van der Waals surface area contributed by atoms with Crippen LogP contribution in [0.5, 0.6) is 0 Å². The highest BCUT2D eigenvalue weighted by atomic mass is 35.5. The van der Waals surface area contributed by atoms with Crippen molar-refractivity contribution in [1.82, 2.24) is 5.32 Å². The maximum atomic E-state index is 10.3. The zero-order valence-electron chi connectivity index (χ0n) is 4.65. The molecule has 0 saturated heterocycles. The maximum Gasteiger partial charge on any atom is 0.217 e. The van der Waals surface area contributed by atoms with E-state index < -0.39 is 0 Å². The molecule has 1 aliphatic rings. The van der Waals surface area contributed by atoms with Crippen molar-refractivity contribution in [3.8, 4) is 0 Å². The van der Waals surface area contributed by atoms with Gasteiger partial charge in [-0.1, -0.05) is 0 Å². The van der Waals surface area contributed by atoms with E-state index in [0.717, 1.165) is 6.42 Å². The van der Waals surface area contributed by atoms with Crippen molar-refractivity contribution in [2.45, 2.75) is 24.8 Å². The number of carbonyl (C=O) groups is 1. The van der Waals surface area contributed by atoms with Gasteiger partial charge in [0, 0.05) is 13.0 Å². The van der Waals surface area contributed by atoms with Crippen LogP contribution in [0, 0.1) is 0 Å². The molecular formula is C5H8ClNO. The number of hydrogen-bond acceptors (Lipinski definition) is 1. The van der Waals surface area contributed by atoms with Gasteiger partial charge in [-0.15, -0.1) is 11.6 Å². The first kappa shape index (κ1) is 5.89. The lowest BCUT2D eigenvalue weighted by Gasteiger charge is -1.93. The van der Waals surface area contributed by atoms with Gasteiger partial charge in [0.25, 0.3) is 0 Å². The number of nitrogens with one attached hydrogen (secondary N) is 1. The first-order valence-electron chi connectivity index (χ1n) is 2.61. The SMILES string of the molecule is CC(=O)NC1CC1Cl. The quantitative estimate of drug-likeness (QED) is 0.519. The van der Waals surface area contributed by atoms with Gasteiger partial charge in [0.15, 0.2) is 0 Å².